The summed E-state index contributed by atoms with van der Waals surface area (Å²) >= 11 is 0. The lowest BCUT2D eigenvalue weighted by Gasteiger charge is -2.10. The van der Waals surface area contributed by atoms with Crippen LogP contribution in [0.2, 0.25) is 0 Å². The average molecular weight is 341 g/mol. The van der Waals surface area contributed by atoms with Crippen LogP contribution in [0, 0.1) is 25.2 Å². The summed E-state index contributed by atoms with van der Waals surface area (Å²) in [6.45, 7) is 3.93. The van der Waals surface area contributed by atoms with E-state index in [9.17, 15) is 10.1 Å². The van der Waals surface area contributed by atoms with Crippen molar-refractivity contribution in [3.05, 3.63) is 89.3 Å². The van der Waals surface area contributed by atoms with Gasteiger partial charge in [-0.3, -0.25) is 4.79 Å². The Kier molecular flexibility index (Phi) is 5.00. The predicted octanol–water partition coefficient (Wildman–Crippen LogP) is 4.64. The van der Waals surface area contributed by atoms with Crippen LogP contribution in [0.1, 0.15) is 16.8 Å². The highest BCUT2D eigenvalue weighted by molar-refractivity contribution is 6.09. The zero-order valence-corrected chi connectivity index (χ0v) is 14.7. The summed E-state index contributed by atoms with van der Waals surface area (Å²) < 4.78 is 1.93. The van der Waals surface area contributed by atoms with Gasteiger partial charge in [0.2, 0.25) is 0 Å². The van der Waals surface area contributed by atoms with Gasteiger partial charge in [0, 0.05) is 23.3 Å². The molecule has 0 saturated carbocycles. The molecule has 0 radical (unpaired) electrons. The molecule has 26 heavy (non-hydrogen) atoms. The molecule has 0 unspecified atom stereocenters. The molecule has 4 nitrogen and oxygen atoms in total. The van der Waals surface area contributed by atoms with E-state index in [1.54, 1.807) is 6.08 Å². The molecule has 1 heterocycles. The fourth-order valence-corrected chi connectivity index (χ4v) is 2.71. The maximum absolute atomic E-state index is 12.6. The molecule has 0 aliphatic heterocycles. The van der Waals surface area contributed by atoms with Gasteiger partial charge in [0.15, 0.2) is 0 Å². The second kappa shape index (κ2) is 7.54. The van der Waals surface area contributed by atoms with Gasteiger partial charge in [0.25, 0.3) is 5.91 Å². The van der Waals surface area contributed by atoms with Crippen LogP contribution in [-0.2, 0) is 4.79 Å². The second-order valence-corrected chi connectivity index (χ2v) is 6.01. The first-order valence-corrected chi connectivity index (χ1v) is 8.32. The number of benzene rings is 2. The van der Waals surface area contributed by atoms with E-state index in [4.69, 9.17) is 0 Å². The molecule has 0 aliphatic carbocycles. The Balaban J connectivity index is 1.90. The van der Waals surface area contributed by atoms with Crippen molar-refractivity contribution in [3.8, 4) is 11.8 Å². The molecule has 128 valence electrons. The predicted molar refractivity (Wildman–Crippen MR) is 104 cm³/mol. The molecule has 1 N–H and O–H groups in total. The number of anilines is 1. The van der Waals surface area contributed by atoms with Gasteiger partial charge in [-0.2, -0.15) is 5.26 Å². The molecule has 0 fully saturated rings. The number of nitrogens with one attached hydrogen (secondary N) is 1. The number of aryl methyl sites for hydroxylation is 1. The van der Waals surface area contributed by atoms with Crippen LogP contribution in [0.5, 0.6) is 0 Å². The third-order valence-corrected chi connectivity index (χ3v) is 4.32. The minimum absolute atomic E-state index is 0.0572. The van der Waals surface area contributed by atoms with Crippen molar-refractivity contribution in [1.29, 1.82) is 5.26 Å². The van der Waals surface area contributed by atoms with Gasteiger partial charge >= 0.3 is 0 Å². The number of amides is 1. The molecule has 3 rings (SSSR count). The number of hydrogen-bond acceptors (Lipinski definition) is 2. The van der Waals surface area contributed by atoms with Gasteiger partial charge in [-0.15, -0.1) is 0 Å². The Morgan fingerprint density at radius 3 is 2.54 bits per heavy atom. The summed E-state index contributed by atoms with van der Waals surface area (Å²) in [5.41, 5.74) is 4.59. The minimum atomic E-state index is -0.415. The van der Waals surface area contributed by atoms with Crippen LogP contribution in [-0.4, -0.2) is 10.5 Å². The zero-order chi connectivity index (χ0) is 18.5. The SMILES string of the molecule is Cc1cccc(NC(=O)/C(C#N)=C\c2cccn2-c2ccccc2)c1C. The van der Waals surface area contributed by atoms with E-state index in [0.717, 1.165) is 28.2 Å². The molecular weight excluding hydrogens is 322 g/mol. The molecule has 1 aromatic heterocycles. The fourth-order valence-electron chi connectivity index (χ4n) is 2.71. The summed E-state index contributed by atoms with van der Waals surface area (Å²) in [6, 6.07) is 21.2. The first-order valence-electron chi connectivity index (χ1n) is 8.32. The van der Waals surface area contributed by atoms with E-state index < -0.39 is 5.91 Å². The van der Waals surface area contributed by atoms with Gasteiger partial charge in [-0.05, 0) is 61.4 Å². The number of aromatic nitrogens is 1. The molecule has 0 bridgehead atoms. The lowest BCUT2D eigenvalue weighted by atomic mass is 10.1. The molecule has 1 amide bonds. The first-order chi connectivity index (χ1) is 12.6. The van der Waals surface area contributed by atoms with Crippen molar-refractivity contribution in [3.63, 3.8) is 0 Å². The van der Waals surface area contributed by atoms with Gasteiger partial charge in [-0.1, -0.05) is 30.3 Å². The summed E-state index contributed by atoms with van der Waals surface area (Å²) in [6.07, 6.45) is 3.51. The lowest BCUT2D eigenvalue weighted by molar-refractivity contribution is -0.112. The summed E-state index contributed by atoms with van der Waals surface area (Å²) in [7, 11) is 0. The van der Waals surface area contributed by atoms with Crippen molar-refractivity contribution < 1.29 is 4.79 Å². The third kappa shape index (κ3) is 3.57. The second-order valence-electron chi connectivity index (χ2n) is 6.01. The Morgan fingerprint density at radius 2 is 1.81 bits per heavy atom. The van der Waals surface area contributed by atoms with Gasteiger partial charge in [0.1, 0.15) is 11.6 Å². The lowest BCUT2D eigenvalue weighted by Crippen LogP contribution is -2.14. The number of hydrogen-bond donors (Lipinski definition) is 1. The number of carbonyl (C=O) groups excluding carboxylic acids is 1. The number of nitriles is 1. The minimum Gasteiger partial charge on any atom is -0.321 e. The first kappa shape index (κ1) is 17.2. The van der Waals surface area contributed by atoms with Crippen LogP contribution in [0.15, 0.2) is 72.4 Å². The number of rotatable bonds is 4. The normalized spacial score (nSPS) is 11.0. The Bertz CT molecular complexity index is 1010. The molecule has 2 aromatic carbocycles. The van der Waals surface area contributed by atoms with Gasteiger partial charge < -0.3 is 9.88 Å². The van der Waals surface area contributed by atoms with Crippen LogP contribution in [0.3, 0.4) is 0 Å². The van der Waals surface area contributed by atoms with E-state index in [1.165, 1.54) is 0 Å². The molecule has 0 atom stereocenters. The number of nitrogens with zero attached hydrogens (tertiary/aromatic N) is 2. The maximum atomic E-state index is 12.6. The molecule has 0 aliphatic rings. The smallest absolute Gasteiger partial charge is 0.266 e. The van der Waals surface area contributed by atoms with E-state index in [1.807, 2.05) is 91.3 Å². The molecular formula is C22H19N3O. The molecule has 0 saturated heterocycles. The highest BCUT2D eigenvalue weighted by atomic mass is 16.1. The monoisotopic (exact) mass is 341 g/mol. The van der Waals surface area contributed by atoms with E-state index in [2.05, 4.69) is 5.32 Å². The molecule has 0 spiro atoms. The van der Waals surface area contributed by atoms with Crippen LogP contribution in [0.4, 0.5) is 5.69 Å². The summed E-state index contributed by atoms with van der Waals surface area (Å²) in [5, 5.41) is 12.3. The quantitative estimate of drug-likeness (QED) is 0.555. The average Bonchev–Trinajstić information content (AvgIpc) is 3.12. The van der Waals surface area contributed by atoms with E-state index >= 15 is 0 Å². The summed E-state index contributed by atoms with van der Waals surface area (Å²) in [4.78, 5) is 12.6. The van der Waals surface area contributed by atoms with Crippen molar-refractivity contribution in [2.75, 3.05) is 5.32 Å². The van der Waals surface area contributed by atoms with Crippen LogP contribution in [0.25, 0.3) is 11.8 Å². The summed E-state index contributed by atoms with van der Waals surface area (Å²) in [5.74, 6) is -0.415. The Morgan fingerprint density at radius 1 is 1.04 bits per heavy atom. The number of para-hydroxylation sites is 1. The van der Waals surface area contributed by atoms with Crippen LogP contribution < -0.4 is 5.32 Å². The Labute approximate surface area is 153 Å². The van der Waals surface area contributed by atoms with Crippen molar-refractivity contribution in [1.82, 2.24) is 4.57 Å². The molecule has 3 aromatic rings. The van der Waals surface area contributed by atoms with Crippen molar-refractivity contribution in [2.45, 2.75) is 13.8 Å². The van der Waals surface area contributed by atoms with Crippen molar-refractivity contribution >= 4 is 17.7 Å². The standard InChI is InChI=1S/C22H19N3O/c1-16-8-6-12-21(17(16)2)24-22(26)18(15-23)14-20-11-7-13-25(20)19-9-4-3-5-10-19/h3-14H,1-2H3,(H,24,26)/b18-14-. The number of carbonyl (C=O) groups is 1. The van der Waals surface area contributed by atoms with E-state index in [-0.39, 0.29) is 5.57 Å². The highest BCUT2D eigenvalue weighted by Crippen LogP contribution is 2.20. The largest absolute Gasteiger partial charge is 0.321 e. The van der Waals surface area contributed by atoms with Crippen molar-refractivity contribution in [2.24, 2.45) is 0 Å². The topological polar surface area (TPSA) is 57.8 Å². The van der Waals surface area contributed by atoms with E-state index in [0.29, 0.717) is 0 Å². The third-order valence-electron chi connectivity index (χ3n) is 4.32. The highest BCUT2D eigenvalue weighted by Gasteiger charge is 2.12. The van der Waals surface area contributed by atoms with Crippen LogP contribution >= 0.6 is 0 Å². The maximum Gasteiger partial charge on any atom is 0.266 e. The fraction of sp³-hybridized carbons (Fsp3) is 0.0909. The van der Waals surface area contributed by atoms with Gasteiger partial charge in [-0.25, -0.2) is 0 Å². The Hall–Kier alpha value is -3.58. The molecule has 4 heteroatoms. The zero-order valence-electron chi connectivity index (χ0n) is 14.7. The van der Waals surface area contributed by atoms with Gasteiger partial charge in [0.05, 0.1) is 0 Å².